The highest BCUT2D eigenvalue weighted by molar-refractivity contribution is 6.19. The zero-order valence-electron chi connectivity index (χ0n) is 9.61. The molecule has 1 rings (SSSR count). The number of rotatable bonds is 7. The van der Waals surface area contributed by atoms with Gasteiger partial charge in [0.15, 0.2) is 0 Å². The van der Waals surface area contributed by atoms with Crippen molar-refractivity contribution in [1.29, 1.82) is 0 Å². The molecular weight excluding hydrogens is 244 g/mol. The third-order valence-corrected chi connectivity index (χ3v) is 2.07. The number of pyridine rings is 1. The Kier molecular flexibility index (Phi) is 6.35. The van der Waals surface area contributed by atoms with Gasteiger partial charge in [-0.3, -0.25) is 4.79 Å². The van der Waals surface area contributed by atoms with Gasteiger partial charge in [-0.05, 0) is 6.07 Å². The van der Waals surface area contributed by atoms with Crippen molar-refractivity contribution in [2.24, 2.45) is 0 Å². The van der Waals surface area contributed by atoms with Gasteiger partial charge in [-0.15, -0.1) is 11.6 Å². The Morgan fingerprint density at radius 3 is 2.88 bits per heavy atom. The number of aromatic nitrogens is 1. The van der Waals surface area contributed by atoms with E-state index in [1.165, 1.54) is 6.20 Å². The lowest BCUT2D eigenvalue weighted by molar-refractivity contribution is -0.115. The van der Waals surface area contributed by atoms with Crippen molar-refractivity contribution in [1.82, 2.24) is 4.98 Å². The molecule has 0 spiro atoms. The maximum Gasteiger partial charge on any atom is 0.225 e. The van der Waals surface area contributed by atoms with E-state index in [4.69, 9.17) is 21.1 Å². The number of alkyl halides is 1. The Hall–Kier alpha value is -1.33. The van der Waals surface area contributed by atoms with Gasteiger partial charge >= 0.3 is 0 Å². The lowest BCUT2D eigenvalue weighted by atomic mass is 10.4. The molecule has 0 bridgehead atoms. The van der Waals surface area contributed by atoms with E-state index in [0.717, 1.165) is 0 Å². The van der Waals surface area contributed by atoms with E-state index in [-0.39, 0.29) is 12.3 Å². The number of hydrogen-bond donors (Lipinski definition) is 1. The van der Waals surface area contributed by atoms with Crippen molar-refractivity contribution in [2.75, 3.05) is 31.5 Å². The second kappa shape index (κ2) is 7.86. The minimum absolute atomic E-state index is 0.130. The summed E-state index contributed by atoms with van der Waals surface area (Å²) in [6, 6.07) is 3.41. The SMILES string of the molecule is COCCOc1ccc(NC(=O)CCCl)cn1. The summed E-state index contributed by atoms with van der Waals surface area (Å²) in [4.78, 5) is 15.3. The van der Waals surface area contributed by atoms with Crippen LogP contribution in [0.1, 0.15) is 6.42 Å². The average Bonchev–Trinajstić information content (AvgIpc) is 2.32. The van der Waals surface area contributed by atoms with Crippen LogP contribution in [-0.4, -0.2) is 37.1 Å². The molecule has 6 heteroatoms. The summed E-state index contributed by atoms with van der Waals surface area (Å²) in [6.45, 7) is 0.956. The number of ether oxygens (including phenoxy) is 2. The number of hydrogen-bond acceptors (Lipinski definition) is 4. The summed E-state index contributed by atoms with van der Waals surface area (Å²) in [5, 5.41) is 2.67. The summed E-state index contributed by atoms with van der Waals surface area (Å²) in [6.07, 6.45) is 1.82. The number of carbonyl (C=O) groups excluding carboxylic acids is 1. The van der Waals surface area contributed by atoms with Crippen LogP contribution in [0.3, 0.4) is 0 Å². The molecule has 0 aliphatic rings. The second-order valence-electron chi connectivity index (χ2n) is 3.21. The van der Waals surface area contributed by atoms with E-state index in [9.17, 15) is 4.79 Å². The molecule has 0 radical (unpaired) electrons. The molecule has 17 heavy (non-hydrogen) atoms. The van der Waals surface area contributed by atoms with Gasteiger partial charge in [0.05, 0.1) is 18.5 Å². The molecule has 0 unspecified atom stereocenters. The van der Waals surface area contributed by atoms with Crippen molar-refractivity contribution in [3.63, 3.8) is 0 Å². The summed E-state index contributed by atoms with van der Waals surface area (Å²) in [5.74, 6) is 0.671. The minimum atomic E-state index is -0.130. The molecule has 1 aromatic heterocycles. The first-order chi connectivity index (χ1) is 8.26. The third kappa shape index (κ3) is 5.51. The summed E-state index contributed by atoms with van der Waals surface area (Å²) in [5.41, 5.74) is 0.624. The third-order valence-electron chi connectivity index (χ3n) is 1.88. The van der Waals surface area contributed by atoms with Crippen molar-refractivity contribution in [3.05, 3.63) is 18.3 Å². The molecule has 0 aromatic carbocycles. The molecule has 0 fully saturated rings. The Morgan fingerprint density at radius 2 is 2.29 bits per heavy atom. The maximum absolute atomic E-state index is 11.2. The Morgan fingerprint density at radius 1 is 1.47 bits per heavy atom. The standard InChI is InChI=1S/C11H15ClN2O3/c1-16-6-7-17-11-3-2-9(8-13-11)14-10(15)4-5-12/h2-3,8H,4-7H2,1H3,(H,14,15). The predicted octanol–water partition coefficient (Wildman–Crippen LogP) is 1.67. The monoisotopic (exact) mass is 258 g/mol. The molecule has 5 nitrogen and oxygen atoms in total. The Labute approximate surface area is 105 Å². The number of amides is 1. The van der Waals surface area contributed by atoms with Crippen LogP contribution in [0.25, 0.3) is 0 Å². The number of nitrogens with one attached hydrogen (secondary N) is 1. The number of anilines is 1. The molecule has 0 saturated carbocycles. The quantitative estimate of drug-likeness (QED) is 0.597. The van der Waals surface area contributed by atoms with Crippen LogP contribution in [0, 0.1) is 0 Å². The molecular formula is C11H15ClN2O3. The smallest absolute Gasteiger partial charge is 0.225 e. The summed E-state index contributed by atoms with van der Waals surface area (Å²) in [7, 11) is 1.60. The van der Waals surface area contributed by atoms with Crippen LogP contribution in [0.5, 0.6) is 5.88 Å². The first-order valence-corrected chi connectivity index (χ1v) is 5.73. The zero-order valence-corrected chi connectivity index (χ0v) is 10.4. The van der Waals surface area contributed by atoms with Gasteiger partial charge < -0.3 is 14.8 Å². The molecule has 1 aromatic rings. The first-order valence-electron chi connectivity index (χ1n) is 5.20. The maximum atomic E-state index is 11.2. The Balaban J connectivity index is 2.41. The molecule has 0 aliphatic heterocycles. The molecule has 1 N–H and O–H groups in total. The largest absolute Gasteiger partial charge is 0.475 e. The van der Waals surface area contributed by atoms with Gasteiger partial charge in [-0.25, -0.2) is 4.98 Å². The summed E-state index contributed by atoms with van der Waals surface area (Å²) >= 11 is 5.45. The van der Waals surface area contributed by atoms with Crippen molar-refractivity contribution < 1.29 is 14.3 Å². The fraction of sp³-hybridized carbons (Fsp3) is 0.455. The minimum Gasteiger partial charge on any atom is -0.475 e. The van der Waals surface area contributed by atoms with Gasteiger partial charge in [-0.2, -0.15) is 0 Å². The molecule has 1 amide bonds. The van der Waals surface area contributed by atoms with Crippen molar-refractivity contribution >= 4 is 23.2 Å². The second-order valence-corrected chi connectivity index (χ2v) is 3.59. The lowest BCUT2D eigenvalue weighted by Gasteiger charge is -2.06. The highest BCUT2D eigenvalue weighted by Crippen LogP contribution is 2.11. The van der Waals surface area contributed by atoms with Gasteiger partial charge in [0, 0.05) is 25.5 Å². The van der Waals surface area contributed by atoms with E-state index < -0.39 is 0 Å². The van der Waals surface area contributed by atoms with Crippen molar-refractivity contribution in [2.45, 2.75) is 6.42 Å². The fourth-order valence-corrected chi connectivity index (χ4v) is 1.25. The zero-order chi connectivity index (χ0) is 12.5. The van der Waals surface area contributed by atoms with Crippen molar-refractivity contribution in [3.8, 4) is 5.88 Å². The van der Waals surface area contributed by atoms with E-state index >= 15 is 0 Å². The molecule has 0 saturated heterocycles. The summed E-state index contributed by atoms with van der Waals surface area (Å²) < 4.78 is 10.1. The predicted molar refractivity (Wildman–Crippen MR) is 65.6 cm³/mol. The number of nitrogens with zero attached hydrogens (tertiary/aromatic N) is 1. The van der Waals surface area contributed by atoms with Crippen LogP contribution >= 0.6 is 11.6 Å². The molecule has 0 atom stereocenters. The Bertz CT molecular complexity index is 343. The van der Waals surface area contributed by atoms with Crippen LogP contribution in [0.15, 0.2) is 18.3 Å². The number of halogens is 1. The van der Waals surface area contributed by atoms with Gasteiger partial charge in [-0.1, -0.05) is 0 Å². The topological polar surface area (TPSA) is 60.5 Å². The average molecular weight is 259 g/mol. The van der Waals surface area contributed by atoms with Gasteiger partial charge in [0.2, 0.25) is 11.8 Å². The van der Waals surface area contributed by atoms with Gasteiger partial charge in [0.1, 0.15) is 6.61 Å². The number of methoxy groups -OCH3 is 1. The number of carbonyl (C=O) groups is 1. The highest BCUT2D eigenvalue weighted by atomic mass is 35.5. The molecule has 1 heterocycles. The van der Waals surface area contributed by atoms with E-state index in [2.05, 4.69) is 10.3 Å². The van der Waals surface area contributed by atoms with Crippen LogP contribution in [-0.2, 0) is 9.53 Å². The molecule has 94 valence electrons. The normalized spacial score (nSPS) is 10.0. The van der Waals surface area contributed by atoms with E-state index in [1.54, 1.807) is 19.2 Å². The van der Waals surface area contributed by atoms with Crippen LogP contribution in [0.2, 0.25) is 0 Å². The highest BCUT2D eigenvalue weighted by Gasteiger charge is 2.02. The van der Waals surface area contributed by atoms with E-state index in [1.807, 2.05) is 0 Å². The van der Waals surface area contributed by atoms with Crippen LogP contribution in [0.4, 0.5) is 5.69 Å². The lowest BCUT2D eigenvalue weighted by Crippen LogP contribution is -2.12. The first kappa shape index (κ1) is 13.7. The molecule has 0 aliphatic carbocycles. The van der Waals surface area contributed by atoms with Crippen LogP contribution < -0.4 is 10.1 Å². The van der Waals surface area contributed by atoms with E-state index in [0.29, 0.717) is 30.7 Å². The fourth-order valence-electron chi connectivity index (χ4n) is 1.08. The van der Waals surface area contributed by atoms with Gasteiger partial charge in [0.25, 0.3) is 0 Å².